The molecule has 0 unspecified atom stereocenters. The molecule has 0 amide bonds. The Morgan fingerprint density at radius 1 is 1.50 bits per heavy atom. The van der Waals surface area contributed by atoms with Crippen LogP contribution in [0.25, 0.3) is 0 Å². The van der Waals surface area contributed by atoms with Crippen LogP contribution < -0.4 is 5.73 Å². The molecule has 0 saturated heterocycles. The van der Waals surface area contributed by atoms with Gasteiger partial charge in [-0.2, -0.15) is 5.10 Å². The molecule has 5 nitrogen and oxygen atoms in total. The van der Waals surface area contributed by atoms with E-state index in [1.54, 1.807) is 4.68 Å². The summed E-state index contributed by atoms with van der Waals surface area (Å²) in [5.74, 6) is 1.31. The summed E-state index contributed by atoms with van der Waals surface area (Å²) in [7, 11) is -2.96. The number of hydrogen-bond donors (Lipinski definition) is 1. The second kappa shape index (κ2) is 3.76. The SMILES string of the molecule is CC(C)Cn1nc2c(c1N)CCS(=O)(=O)C2. The first-order valence-electron chi connectivity index (χ1n) is 5.43. The van der Waals surface area contributed by atoms with Gasteiger partial charge in [0.15, 0.2) is 9.84 Å². The smallest absolute Gasteiger partial charge is 0.156 e. The number of nitrogens with two attached hydrogens (primary N) is 1. The summed E-state index contributed by atoms with van der Waals surface area (Å²) < 4.78 is 24.7. The van der Waals surface area contributed by atoms with Crippen LogP contribution in [0.1, 0.15) is 25.1 Å². The molecule has 2 heterocycles. The highest BCUT2D eigenvalue weighted by molar-refractivity contribution is 7.90. The molecule has 16 heavy (non-hydrogen) atoms. The summed E-state index contributed by atoms with van der Waals surface area (Å²) in [6, 6.07) is 0. The second-order valence-corrected chi connectivity index (χ2v) is 6.91. The Hall–Kier alpha value is -1.04. The number of rotatable bonds is 2. The molecular weight excluding hydrogens is 226 g/mol. The van der Waals surface area contributed by atoms with Crippen LogP contribution in [0.15, 0.2) is 0 Å². The summed E-state index contributed by atoms with van der Waals surface area (Å²) in [6.45, 7) is 4.90. The third kappa shape index (κ3) is 2.07. The van der Waals surface area contributed by atoms with Crippen molar-refractivity contribution < 1.29 is 8.42 Å². The van der Waals surface area contributed by atoms with Crippen LogP contribution >= 0.6 is 0 Å². The highest BCUT2D eigenvalue weighted by atomic mass is 32.2. The minimum absolute atomic E-state index is 0.0393. The van der Waals surface area contributed by atoms with Gasteiger partial charge < -0.3 is 5.73 Å². The molecule has 6 heteroatoms. The summed E-state index contributed by atoms with van der Waals surface area (Å²) >= 11 is 0. The van der Waals surface area contributed by atoms with Crippen molar-refractivity contribution in [1.82, 2.24) is 9.78 Å². The van der Waals surface area contributed by atoms with E-state index in [4.69, 9.17) is 5.73 Å². The van der Waals surface area contributed by atoms with Gasteiger partial charge in [-0.1, -0.05) is 13.8 Å². The molecule has 2 rings (SSSR count). The molecule has 0 radical (unpaired) electrons. The zero-order valence-electron chi connectivity index (χ0n) is 9.60. The Morgan fingerprint density at radius 3 is 2.81 bits per heavy atom. The topological polar surface area (TPSA) is 78.0 Å². The molecule has 1 aliphatic rings. The quantitative estimate of drug-likeness (QED) is 0.824. The van der Waals surface area contributed by atoms with Crippen LogP contribution in [-0.4, -0.2) is 24.0 Å². The van der Waals surface area contributed by atoms with Crippen LogP contribution in [0.4, 0.5) is 5.82 Å². The average Bonchev–Trinajstić information content (AvgIpc) is 2.40. The Morgan fingerprint density at radius 2 is 2.19 bits per heavy atom. The van der Waals surface area contributed by atoms with E-state index in [0.717, 1.165) is 12.1 Å². The van der Waals surface area contributed by atoms with Crippen molar-refractivity contribution in [3.8, 4) is 0 Å². The standard InChI is InChI=1S/C10H17N3O2S/c1-7(2)5-13-10(11)8-3-4-16(14,15)6-9(8)12-13/h7H,3-6,11H2,1-2H3. The Balaban J connectivity index is 2.37. The van der Waals surface area contributed by atoms with Gasteiger partial charge in [0.1, 0.15) is 5.82 Å². The molecule has 1 aromatic heterocycles. The predicted octanol–water partition coefficient (Wildman–Crippen LogP) is 0.592. The molecule has 0 bridgehead atoms. The lowest BCUT2D eigenvalue weighted by atomic mass is 10.2. The largest absolute Gasteiger partial charge is 0.384 e. The maximum atomic E-state index is 11.5. The number of nitrogens with zero attached hydrogens (tertiary/aromatic N) is 2. The number of hydrogen-bond acceptors (Lipinski definition) is 4. The van der Waals surface area contributed by atoms with Gasteiger partial charge in [-0.25, -0.2) is 13.1 Å². The van der Waals surface area contributed by atoms with Crippen molar-refractivity contribution >= 4 is 15.7 Å². The Kier molecular flexibility index (Phi) is 2.69. The summed E-state index contributed by atoms with van der Waals surface area (Å²) in [5, 5.41) is 4.30. The summed E-state index contributed by atoms with van der Waals surface area (Å²) in [6.07, 6.45) is 0.502. The minimum Gasteiger partial charge on any atom is -0.384 e. The van der Waals surface area contributed by atoms with E-state index in [0.29, 0.717) is 23.9 Å². The van der Waals surface area contributed by atoms with E-state index < -0.39 is 9.84 Å². The van der Waals surface area contributed by atoms with Crippen molar-refractivity contribution in [3.05, 3.63) is 11.3 Å². The molecule has 0 aromatic carbocycles. The fourth-order valence-corrected chi connectivity index (χ4v) is 3.28. The average molecular weight is 243 g/mol. The van der Waals surface area contributed by atoms with Gasteiger partial charge in [-0.15, -0.1) is 0 Å². The lowest BCUT2D eigenvalue weighted by molar-refractivity contribution is 0.486. The van der Waals surface area contributed by atoms with Crippen LogP contribution in [0, 0.1) is 5.92 Å². The number of fused-ring (bicyclic) bond motifs is 1. The first-order chi connectivity index (χ1) is 7.39. The fourth-order valence-electron chi connectivity index (χ4n) is 1.97. The van der Waals surface area contributed by atoms with E-state index in [9.17, 15) is 8.42 Å². The molecule has 0 aliphatic carbocycles. The van der Waals surface area contributed by atoms with Gasteiger partial charge in [-0.05, 0) is 12.3 Å². The maximum Gasteiger partial charge on any atom is 0.156 e. The van der Waals surface area contributed by atoms with Gasteiger partial charge in [0.2, 0.25) is 0 Å². The number of nitrogen functional groups attached to an aromatic ring is 1. The van der Waals surface area contributed by atoms with E-state index in [1.165, 1.54) is 0 Å². The third-order valence-corrected chi connectivity index (χ3v) is 4.27. The molecule has 0 fully saturated rings. The lowest BCUT2D eigenvalue weighted by Crippen LogP contribution is -2.18. The highest BCUT2D eigenvalue weighted by Crippen LogP contribution is 2.25. The van der Waals surface area contributed by atoms with Crippen molar-refractivity contribution in [2.45, 2.75) is 32.6 Å². The molecule has 0 saturated carbocycles. The molecule has 90 valence electrons. The van der Waals surface area contributed by atoms with Gasteiger partial charge in [0.25, 0.3) is 0 Å². The number of aromatic nitrogens is 2. The maximum absolute atomic E-state index is 11.5. The first kappa shape index (κ1) is 11.4. The Bertz CT molecular complexity index is 502. The van der Waals surface area contributed by atoms with E-state index >= 15 is 0 Å². The molecule has 0 atom stereocenters. The van der Waals surface area contributed by atoms with Gasteiger partial charge in [-0.3, -0.25) is 0 Å². The van der Waals surface area contributed by atoms with Gasteiger partial charge in [0, 0.05) is 12.1 Å². The molecular formula is C10H17N3O2S. The van der Waals surface area contributed by atoms with Crippen molar-refractivity contribution in [1.29, 1.82) is 0 Å². The minimum atomic E-state index is -2.96. The molecule has 1 aliphatic heterocycles. The fraction of sp³-hybridized carbons (Fsp3) is 0.700. The Labute approximate surface area is 95.6 Å². The van der Waals surface area contributed by atoms with Crippen molar-refractivity contribution in [2.75, 3.05) is 11.5 Å². The molecule has 1 aromatic rings. The van der Waals surface area contributed by atoms with Gasteiger partial charge in [0.05, 0.1) is 17.2 Å². The molecule has 0 spiro atoms. The van der Waals surface area contributed by atoms with Gasteiger partial charge >= 0.3 is 0 Å². The van der Waals surface area contributed by atoms with Crippen molar-refractivity contribution in [2.24, 2.45) is 5.92 Å². The van der Waals surface area contributed by atoms with Crippen LogP contribution in [-0.2, 0) is 28.6 Å². The van der Waals surface area contributed by atoms with E-state index in [1.807, 2.05) is 0 Å². The number of anilines is 1. The monoisotopic (exact) mass is 243 g/mol. The lowest BCUT2D eigenvalue weighted by Gasteiger charge is -2.10. The normalized spacial score (nSPS) is 18.7. The van der Waals surface area contributed by atoms with E-state index in [-0.39, 0.29) is 11.5 Å². The van der Waals surface area contributed by atoms with Crippen LogP contribution in [0.3, 0.4) is 0 Å². The summed E-state index contributed by atoms with van der Waals surface area (Å²) in [4.78, 5) is 0. The van der Waals surface area contributed by atoms with E-state index in [2.05, 4.69) is 18.9 Å². The predicted molar refractivity (Wildman–Crippen MR) is 62.7 cm³/mol. The second-order valence-electron chi connectivity index (χ2n) is 4.73. The first-order valence-corrected chi connectivity index (χ1v) is 7.25. The molecule has 2 N–H and O–H groups in total. The van der Waals surface area contributed by atoms with Crippen LogP contribution in [0.5, 0.6) is 0 Å². The number of sulfone groups is 1. The van der Waals surface area contributed by atoms with Crippen LogP contribution in [0.2, 0.25) is 0 Å². The zero-order valence-corrected chi connectivity index (χ0v) is 10.4. The van der Waals surface area contributed by atoms with Crippen molar-refractivity contribution in [3.63, 3.8) is 0 Å². The zero-order chi connectivity index (χ0) is 11.9. The highest BCUT2D eigenvalue weighted by Gasteiger charge is 2.27. The summed E-state index contributed by atoms with van der Waals surface area (Å²) in [5.41, 5.74) is 7.54. The third-order valence-electron chi connectivity index (χ3n) is 2.73.